The van der Waals surface area contributed by atoms with Crippen LogP contribution in [0.3, 0.4) is 0 Å². The lowest BCUT2D eigenvalue weighted by Gasteiger charge is -2.19. The molecule has 0 N–H and O–H groups in total. The zero-order valence-electron chi connectivity index (χ0n) is 9.47. The molecule has 2 rings (SSSR count). The highest BCUT2D eigenvalue weighted by atomic mass is 19.1. The molecule has 0 aromatic carbocycles. The molecule has 0 aliphatic carbocycles. The number of likely N-dealkylation sites (tertiary alicyclic amines) is 1. The predicted octanol–water partition coefficient (Wildman–Crippen LogP) is 1.75. The summed E-state index contributed by atoms with van der Waals surface area (Å²) < 4.78 is 18.2. The molecule has 0 radical (unpaired) electrons. The van der Waals surface area contributed by atoms with Gasteiger partial charge in [-0.25, -0.2) is 0 Å². The van der Waals surface area contributed by atoms with Gasteiger partial charge in [-0.3, -0.25) is 14.3 Å². The summed E-state index contributed by atoms with van der Waals surface area (Å²) in [7, 11) is 2.02. The number of hydrogen-bond acceptors (Lipinski definition) is 3. The van der Waals surface area contributed by atoms with Crippen molar-refractivity contribution in [2.45, 2.75) is 12.5 Å². The number of aromatic nitrogens is 1. The molecular formula is C12H17FN2O. The first-order valence-electron chi connectivity index (χ1n) is 5.58. The van der Waals surface area contributed by atoms with Crippen molar-refractivity contribution in [2.75, 3.05) is 26.9 Å². The summed E-state index contributed by atoms with van der Waals surface area (Å²) in [6.45, 7) is 1.21. The Labute approximate surface area is 95.2 Å². The van der Waals surface area contributed by atoms with Crippen LogP contribution in [0.15, 0.2) is 24.5 Å². The molecule has 1 aliphatic rings. The minimum absolute atomic E-state index is 0.174. The van der Waals surface area contributed by atoms with E-state index in [4.69, 9.17) is 4.74 Å². The van der Waals surface area contributed by atoms with Crippen molar-refractivity contribution in [3.8, 4) is 5.75 Å². The quantitative estimate of drug-likeness (QED) is 0.779. The molecule has 1 aromatic rings. The fourth-order valence-electron chi connectivity index (χ4n) is 2.13. The van der Waals surface area contributed by atoms with E-state index in [9.17, 15) is 4.39 Å². The molecule has 2 heterocycles. The second-order valence-corrected chi connectivity index (χ2v) is 4.35. The van der Waals surface area contributed by atoms with Gasteiger partial charge in [-0.2, -0.15) is 0 Å². The Morgan fingerprint density at radius 1 is 1.62 bits per heavy atom. The van der Waals surface area contributed by atoms with E-state index in [1.54, 1.807) is 12.4 Å². The average molecular weight is 224 g/mol. The van der Waals surface area contributed by atoms with Crippen LogP contribution in [0.5, 0.6) is 5.75 Å². The fraction of sp³-hybridized carbons (Fsp3) is 0.583. The Hall–Kier alpha value is -1.16. The minimum atomic E-state index is -0.228. The lowest BCUT2D eigenvalue weighted by atomic mass is 10.1. The maximum absolute atomic E-state index is 12.5. The van der Waals surface area contributed by atoms with Crippen LogP contribution >= 0.6 is 0 Å². The molecule has 88 valence electrons. The van der Waals surface area contributed by atoms with Gasteiger partial charge in [0.1, 0.15) is 12.4 Å². The summed E-state index contributed by atoms with van der Waals surface area (Å²) in [5.41, 5.74) is 0. The predicted molar refractivity (Wildman–Crippen MR) is 60.2 cm³/mol. The number of rotatable bonds is 4. The van der Waals surface area contributed by atoms with E-state index < -0.39 is 0 Å². The van der Waals surface area contributed by atoms with E-state index >= 15 is 0 Å². The van der Waals surface area contributed by atoms with Gasteiger partial charge in [0, 0.05) is 24.7 Å². The van der Waals surface area contributed by atoms with Crippen LogP contribution in [-0.2, 0) is 0 Å². The van der Waals surface area contributed by atoms with Crippen LogP contribution in [0.4, 0.5) is 4.39 Å². The Kier molecular flexibility index (Phi) is 3.72. The van der Waals surface area contributed by atoms with Crippen molar-refractivity contribution < 1.29 is 9.13 Å². The van der Waals surface area contributed by atoms with Crippen LogP contribution in [0.25, 0.3) is 0 Å². The Bertz CT molecular complexity index is 320. The molecule has 0 saturated carbocycles. The zero-order valence-corrected chi connectivity index (χ0v) is 9.47. The van der Waals surface area contributed by atoms with Gasteiger partial charge in [0.25, 0.3) is 0 Å². The van der Waals surface area contributed by atoms with E-state index in [1.807, 2.05) is 19.2 Å². The van der Waals surface area contributed by atoms with Crippen LogP contribution in [0, 0.1) is 5.92 Å². The summed E-state index contributed by atoms with van der Waals surface area (Å²) in [4.78, 5) is 6.15. The van der Waals surface area contributed by atoms with E-state index in [0.29, 0.717) is 12.6 Å². The topological polar surface area (TPSA) is 25.4 Å². The summed E-state index contributed by atoms with van der Waals surface area (Å²) in [5.74, 6) is 0.951. The first-order chi connectivity index (χ1) is 7.79. The van der Waals surface area contributed by atoms with Crippen molar-refractivity contribution in [1.29, 1.82) is 0 Å². The van der Waals surface area contributed by atoms with Gasteiger partial charge in [-0.05, 0) is 25.6 Å². The molecule has 1 aliphatic heterocycles. The maximum Gasteiger partial charge on any atom is 0.137 e. The van der Waals surface area contributed by atoms with E-state index in [2.05, 4.69) is 9.88 Å². The number of hydrogen-bond donors (Lipinski definition) is 0. The van der Waals surface area contributed by atoms with Crippen molar-refractivity contribution in [3.05, 3.63) is 24.5 Å². The summed E-state index contributed by atoms with van der Waals surface area (Å²) >= 11 is 0. The number of nitrogens with zero attached hydrogens (tertiary/aromatic N) is 2. The maximum atomic E-state index is 12.5. The molecule has 1 saturated heterocycles. The van der Waals surface area contributed by atoms with E-state index in [-0.39, 0.29) is 12.6 Å². The summed E-state index contributed by atoms with van der Waals surface area (Å²) in [6.07, 6.45) is 4.29. The third kappa shape index (κ3) is 2.70. The monoisotopic (exact) mass is 224 g/mol. The van der Waals surface area contributed by atoms with Gasteiger partial charge in [0.2, 0.25) is 0 Å². The number of halogens is 1. The molecule has 1 fully saturated rings. The second-order valence-electron chi connectivity index (χ2n) is 4.35. The van der Waals surface area contributed by atoms with E-state index in [0.717, 1.165) is 18.7 Å². The van der Waals surface area contributed by atoms with Crippen LogP contribution < -0.4 is 4.74 Å². The Morgan fingerprint density at radius 3 is 3.12 bits per heavy atom. The third-order valence-electron chi connectivity index (χ3n) is 3.07. The zero-order chi connectivity index (χ0) is 11.4. The lowest BCUT2D eigenvalue weighted by Crippen LogP contribution is -2.30. The molecule has 4 heteroatoms. The minimum Gasteiger partial charge on any atom is -0.490 e. The molecule has 2 atom stereocenters. The smallest absolute Gasteiger partial charge is 0.137 e. The van der Waals surface area contributed by atoms with Gasteiger partial charge in [0.05, 0.1) is 12.9 Å². The average Bonchev–Trinajstić information content (AvgIpc) is 2.69. The van der Waals surface area contributed by atoms with Crippen molar-refractivity contribution in [3.63, 3.8) is 0 Å². The fourth-order valence-corrected chi connectivity index (χ4v) is 2.13. The van der Waals surface area contributed by atoms with Gasteiger partial charge >= 0.3 is 0 Å². The first kappa shape index (κ1) is 11.3. The Morgan fingerprint density at radius 2 is 2.50 bits per heavy atom. The highest BCUT2D eigenvalue weighted by Gasteiger charge is 2.29. The molecule has 16 heavy (non-hydrogen) atoms. The molecule has 0 spiro atoms. The molecule has 0 amide bonds. The number of ether oxygens (including phenoxy) is 1. The summed E-state index contributed by atoms with van der Waals surface area (Å²) in [6, 6.07) is 4.05. The van der Waals surface area contributed by atoms with Crippen LogP contribution in [0.1, 0.15) is 6.42 Å². The molecule has 1 aromatic heterocycles. The van der Waals surface area contributed by atoms with Gasteiger partial charge < -0.3 is 4.74 Å². The molecular weight excluding hydrogens is 207 g/mol. The van der Waals surface area contributed by atoms with Gasteiger partial charge in [0.15, 0.2) is 0 Å². The highest BCUT2D eigenvalue weighted by Crippen LogP contribution is 2.22. The van der Waals surface area contributed by atoms with Crippen molar-refractivity contribution in [1.82, 2.24) is 9.88 Å². The first-order valence-corrected chi connectivity index (χ1v) is 5.58. The number of likely N-dealkylation sites (N-methyl/N-ethyl adjacent to an activating group) is 1. The van der Waals surface area contributed by atoms with Gasteiger partial charge in [-0.15, -0.1) is 0 Å². The van der Waals surface area contributed by atoms with Crippen molar-refractivity contribution >= 4 is 0 Å². The molecule has 1 unspecified atom stereocenters. The second kappa shape index (κ2) is 5.25. The van der Waals surface area contributed by atoms with E-state index in [1.165, 1.54) is 0 Å². The summed E-state index contributed by atoms with van der Waals surface area (Å²) in [5, 5.41) is 0. The highest BCUT2D eigenvalue weighted by molar-refractivity contribution is 5.15. The van der Waals surface area contributed by atoms with Crippen LogP contribution in [-0.4, -0.2) is 42.8 Å². The van der Waals surface area contributed by atoms with Crippen molar-refractivity contribution in [2.24, 2.45) is 5.92 Å². The van der Waals surface area contributed by atoms with Crippen LogP contribution in [0.2, 0.25) is 0 Å². The number of pyridine rings is 1. The molecule has 0 bridgehead atoms. The SMILES string of the molecule is CN1C[C@@H](CF)CC1COc1cccnc1. The Balaban J connectivity index is 1.82. The normalized spacial score (nSPS) is 25.9. The molecule has 3 nitrogen and oxygen atoms in total. The number of alkyl halides is 1. The largest absolute Gasteiger partial charge is 0.490 e. The standard InChI is InChI=1S/C12H17FN2O/c1-15-8-10(6-13)5-11(15)9-16-12-3-2-4-14-7-12/h2-4,7,10-11H,5-6,8-9H2,1H3/t10-,11?/m1/s1. The third-order valence-corrected chi connectivity index (χ3v) is 3.07. The lowest BCUT2D eigenvalue weighted by molar-refractivity contribution is 0.198. The van der Waals surface area contributed by atoms with Gasteiger partial charge in [-0.1, -0.05) is 0 Å².